The first-order chi connectivity index (χ1) is 11.8. The highest BCUT2D eigenvalue weighted by atomic mass is 16.3. The van der Waals surface area contributed by atoms with Crippen molar-refractivity contribution in [1.29, 1.82) is 0 Å². The molecule has 0 spiro atoms. The van der Waals surface area contributed by atoms with Gasteiger partial charge in [-0.2, -0.15) is 0 Å². The molecule has 0 saturated carbocycles. The minimum atomic E-state index is -1.24. The highest BCUT2D eigenvalue weighted by Gasteiger charge is 2.51. The molecule has 1 aliphatic heterocycles. The smallest absolute Gasteiger partial charge is 0.325 e. The Balaban J connectivity index is 1.77. The predicted molar refractivity (Wildman–Crippen MR) is 90.9 cm³/mol. The van der Waals surface area contributed by atoms with Gasteiger partial charge in [0.05, 0.1) is 0 Å². The van der Waals surface area contributed by atoms with Crippen molar-refractivity contribution in [3.05, 3.63) is 53.5 Å². The molecule has 1 saturated heterocycles. The lowest BCUT2D eigenvalue weighted by Gasteiger charge is -2.21. The van der Waals surface area contributed by atoms with Gasteiger partial charge in [-0.1, -0.05) is 18.2 Å². The van der Waals surface area contributed by atoms with E-state index in [0.717, 1.165) is 4.90 Å². The fourth-order valence-corrected chi connectivity index (χ4v) is 3.02. The molecule has 130 valence electrons. The quantitative estimate of drug-likeness (QED) is 0.835. The molecule has 1 aliphatic rings. The summed E-state index contributed by atoms with van der Waals surface area (Å²) in [7, 11) is 0. The molecule has 1 aromatic heterocycles. The van der Waals surface area contributed by atoms with Crippen molar-refractivity contribution < 1.29 is 18.8 Å². The van der Waals surface area contributed by atoms with Crippen molar-refractivity contribution in [2.75, 3.05) is 11.9 Å². The van der Waals surface area contributed by atoms with Gasteiger partial charge in [0, 0.05) is 11.3 Å². The zero-order valence-electron chi connectivity index (χ0n) is 14.3. The summed E-state index contributed by atoms with van der Waals surface area (Å²) in [4.78, 5) is 38.2. The average molecular weight is 341 g/mol. The molecule has 4 amide bonds. The lowest BCUT2D eigenvalue weighted by molar-refractivity contribution is -0.133. The third-order valence-electron chi connectivity index (χ3n) is 4.21. The van der Waals surface area contributed by atoms with Crippen molar-refractivity contribution in [1.82, 2.24) is 10.2 Å². The second-order valence-corrected chi connectivity index (χ2v) is 6.19. The fourth-order valence-electron chi connectivity index (χ4n) is 3.02. The average Bonchev–Trinajstić information content (AvgIpc) is 3.00. The normalized spacial score (nSPS) is 19.9. The lowest BCUT2D eigenvalue weighted by atomic mass is 9.92. The van der Waals surface area contributed by atoms with Crippen LogP contribution >= 0.6 is 0 Å². The van der Waals surface area contributed by atoms with E-state index < -0.39 is 23.4 Å². The SMILES string of the molecule is Cc1cc([C@@]2(C)NC(=O)N(CC(=O)Nc3ccccc3)C2=O)c(C)o1. The number of urea groups is 1. The number of hydrogen-bond donors (Lipinski definition) is 2. The van der Waals surface area contributed by atoms with E-state index in [-0.39, 0.29) is 6.54 Å². The van der Waals surface area contributed by atoms with Crippen molar-refractivity contribution in [3.8, 4) is 0 Å². The van der Waals surface area contributed by atoms with Gasteiger partial charge in [0.25, 0.3) is 5.91 Å². The van der Waals surface area contributed by atoms with Crippen LogP contribution in [0.3, 0.4) is 0 Å². The van der Waals surface area contributed by atoms with E-state index in [2.05, 4.69) is 10.6 Å². The molecule has 2 heterocycles. The monoisotopic (exact) mass is 341 g/mol. The number of hydrogen-bond acceptors (Lipinski definition) is 4. The molecule has 0 unspecified atom stereocenters. The second-order valence-electron chi connectivity index (χ2n) is 6.19. The molecule has 3 rings (SSSR count). The number of nitrogens with one attached hydrogen (secondary N) is 2. The number of amides is 4. The van der Waals surface area contributed by atoms with Gasteiger partial charge in [0.15, 0.2) is 0 Å². The van der Waals surface area contributed by atoms with Gasteiger partial charge in [-0.15, -0.1) is 0 Å². The molecule has 2 aromatic rings. The van der Waals surface area contributed by atoms with Crippen LogP contribution < -0.4 is 10.6 Å². The lowest BCUT2D eigenvalue weighted by Crippen LogP contribution is -2.42. The summed E-state index contributed by atoms with van der Waals surface area (Å²) in [6.45, 7) is 4.76. The highest BCUT2D eigenvalue weighted by molar-refractivity contribution is 6.10. The summed E-state index contributed by atoms with van der Waals surface area (Å²) in [6.07, 6.45) is 0. The maximum Gasteiger partial charge on any atom is 0.325 e. The van der Waals surface area contributed by atoms with Crippen LogP contribution in [0.1, 0.15) is 24.0 Å². The molecule has 0 bridgehead atoms. The van der Waals surface area contributed by atoms with E-state index in [1.165, 1.54) is 0 Å². The van der Waals surface area contributed by atoms with Crippen molar-refractivity contribution >= 4 is 23.5 Å². The Hall–Kier alpha value is -3.09. The standard InChI is InChI=1S/C18H19N3O4/c1-11-9-14(12(2)25-11)18(3)16(23)21(17(24)20-18)10-15(22)19-13-7-5-4-6-8-13/h4-9H,10H2,1-3H3,(H,19,22)(H,20,24)/t18-/m1/s1. The van der Waals surface area contributed by atoms with Crippen LogP contribution in [0, 0.1) is 13.8 Å². The Labute approximate surface area is 145 Å². The van der Waals surface area contributed by atoms with Crippen LogP contribution in [0.2, 0.25) is 0 Å². The van der Waals surface area contributed by atoms with Crippen LogP contribution in [0.5, 0.6) is 0 Å². The summed E-state index contributed by atoms with van der Waals surface area (Å²) < 4.78 is 5.47. The van der Waals surface area contributed by atoms with E-state index in [0.29, 0.717) is 22.8 Å². The molecule has 0 radical (unpaired) electrons. The largest absolute Gasteiger partial charge is 0.466 e. The Morgan fingerprint density at radius 3 is 2.52 bits per heavy atom. The molecule has 7 nitrogen and oxygen atoms in total. The molecule has 7 heteroatoms. The number of anilines is 1. The van der Waals surface area contributed by atoms with E-state index in [1.807, 2.05) is 6.07 Å². The molecule has 2 N–H and O–H groups in total. The summed E-state index contributed by atoms with van der Waals surface area (Å²) in [5.74, 6) is 0.281. The minimum absolute atomic E-state index is 0.356. The second kappa shape index (κ2) is 6.08. The first kappa shape index (κ1) is 16.8. The molecule has 1 atom stereocenters. The van der Waals surface area contributed by atoms with Crippen LogP contribution in [0.25, 0.3) is 0 Å². The highest BCUT2D eigenvalue weighted by Crippen LogP contribution is 2.32. The van der Waals surface area contributed by atoms with Gasteiger partial charge < -0.3 is 15.1 Å². The topological polar surface area (TPSA) is 91.7 Å². The van der Waals surface area contributed by atoms with Gasteiger partial charge >= 0.3 is 6.03 Å². The van der Waals surface area contributed by atoms with E-state index in [9.17, 15) is 14.4 Å². The van der Waals surface area contributed by atoms with Crippen molar-refractivity contribution in [3.63, 3.8) is 0 Å². The number of imide groups is 1. The summed E-state index contributed by atoms with van der Waals surface area (Å²) in [5, 5.41) is 5.33. The van der Waals surface area contributed by atoms with Crippen LogP contribution in [0.4, 0.5) is 10.5 Å². The number of carbonyl (C=O) groups excluding carboxylic acids is 3. The third-order valence-corrected chi connectivity index (χ3v) is 4.21. The number of benzene rings is 1. The maximum atomic E-state index is 12.8. The van der Waals surface area contributed by atoms with E-state index >= 15 is 0 Å². The first-order valence-electron chi connectivity index (χ1n) is 7.88. The zero-order valence-corrected chi connectivity index (χ0v) is 14.3. The number of nitrogens with zero attached hydrogens (tertiary/aromatic N) is 1. The van der Waals surface area contributed by atoms with Crippen LogP contribution in [-0.2, 0) is 15.1 Å². The van der Waals surface area contributed by atoms with Crippen molar-refractivity contribution in [2.24, 2.45) is 0 Å². The summed E-state index contributed by atoms with van der Waals surface area (Å²) in [6, 6.07) is 9.97. The third kappa shape index (κ3) is 3.00. The summed E-state index contributed by atoms with van der Waals surface area (Å²) >= 11 is 0. The Kier molecular flexibility index (Phi) is 4.08. The molecule has 1 fully saturated rings. The zero-order chi connectivity index (χ0) is 18.2. The number of para-hydroxylation sites is 1. The number of aryl methyl sites for hydroxylation is 2. The minimum Gasteiger partial charge on any atom is -0.466 e. The Bertz CT molecular complexity index is 843. The van der Waals surface area contributed by atoms with Crippen molar-refractivity contribution in [2.45, 2.75) is 26.3 Å². The molecular formula is C18H19N3O4. The Morgan fingerprint density at radius 2 is 1.92 bits per heavy atom. The molecular weight excluding hydrogens is 322 g/mol. The fraction of sp³-hybridized carbons (Fsp3) is 0.278. The number of furan rings is 1. The van der Waals surface area contributed by atoms with Crippen LogP contribution in [0.15, 0.2) is 40.8 Å². The van der Waals surface area contributed by atoms with Gasteiger partial charge in [-0.3, -0.25) is 14.5 Å². The van der Waals surface area contributed by atoms with Gasteiger partial charge in [0.1, 0.15) is 23.6 Å². The number of carbonyl (C=O) groups is 3. The van der Waals surface area contributed by atoms with Crippen LogP contribution in [-0.4, -0.2) is 29.3 Å². The molecule has 1 aromatic carbocycles. The summed E-state index contributed by atoms with van der Waals surface area (Å²) in [5.41, 5.74) is -0.0516. The molecule has 0 aliphatic carbocycles. The first-order valence-corrected chi connectivity index (χ1v) is 7.88. The van der Waals surface area contributed by atoms with E-state index in [1.54, 1.807) is 51.1 Å². The number of rotatable bonds is 4. The maximum absolute atomic E-state index is 12.8. The Morgan fingerprint density at radius 1 is 1.24 bits per heavy atom. The van der Waals surface area contributed by atoms with E-state index in [4.69, 9.17) is 4.42 Å². The van der Waals surface area contributed by atoms with Gasteiger partial charge in [-0.05, 0) is 39.0 Å². The predicted octanol–water partition coefficient (Wildman–Crippen LogP) is 2.30. The molecule has 25 heavy (non-hydrogen) atoms. The van der Waals surface area contributed by atoms with Gasteiger partial charge in [-0.25, -0.2) is 4.79 Å². The van der Waals surface area contributed by atoms with Gasteiger partial charge in [0.2, 0.25) is 5.91 Å².